The zero-order valence-corrected chi connectivity index (χ0v) is 12.1. The molecule has 0 fully saturated rings. The average molecular weight is 295 g/mol. The van der Waals surface area contributed by atoms with Crippen LogP contribution in [0.4, 0.5) is 4.39 Å². The van der Waals surface area contributed by atoms with E-state index in [0.717, 1.165) is 5.56 Å². The molecule has 1 aromatic carbocycles. The van der Waals surface area contributed by atoms with Crippen LogP contribution in [0.3, 0.4) is 0 Å². The molecule has 3 nitrogen and oxygen atoms in total. The summed E-state index contributed by atoms with van der Waals surface area (Å²) < 4.78 is 18.7. The van der Waals surface area contributed by atoms with Crippen LogP contribution in [0.15, 0.2) is 36.7 Å². The second kappa shape index (κ2) is 6.68. The third-order valence-electron chi connectivity index (χ3n) is 2.61. The fraction of sp³-hybridized carbons (Fsp3) is 0.267. The van der Waals surface area contributed by atoms with E-state index < -0.39 is 5.82 Å². The van der Waals surface area contributed by atoms with Crippen molar-refractivity contribution in [3.8, 4) is 11.5 Å². The highest BCUT2D eigenvalue weighted by molar-refractivity contribution is 6.30. The predicted octanol–water partition coefficient (Wildman–Crippen LogP) is 4.16. The minimum Gasteiger partial charge on any atom is -0.456 e. The third kappa shape index (κ3) is 4.18. The van der Waals surface area contributed by atoms with Gasteiger partial charge in [-0.1, -0.05) is 25.4 Å². The highest BCUT2D eigenvalue weighted by atomic mass is 35.5. The summed E-state index contributed by atoms with van der Waals surface area (Å²) in [5.41, 5.74) is 1.02. The third-order valence-corrected chi connectivity index (χ3v) is 2.90. The van der Waals surface area contributed by atoms with E-state index in [2.05, 4.69) is 24.1 Å². The van der Waals surface area contributed by atoms with Crippen LogP contribution in [0, 0.1) is 5.82 Å². The number of halogens is 2. The normalized spacial score (nSPS) is 10.8. The van der Waals surface area contributed by atoms with E-state index in [9.17, 15) is 4.39 Å². The zero-order chi connectivity index (χ0) is 14.5. The molecule has 1 N–H and O–H groups in total. The summed E-state index contributed by atoms with van der Waals surface area (Å²) in [5, 5.41) is 3.34. The molecule has 0 amide bonds. The fourth-order valence-corrected chi connectivity index (χ4v) is 1.79. The van der Waals surface area contributed by atoms with Gasteiger partial charge in [0.1, 0.15) is 17.3 Å². The first-order chi connectivity index (χ1) is 9.54. The molecular formula is C15H16ClFN2O. The Kier molecular flexibility index (Phi) is 4.93. The molecular weight excluding hydrogens is 279 g/mol. The van der Waals surface area contributed by atoms with Crippen molar-refractivity contribution in [2.75, 3.05) is 0 Å². The van der Waals surface area contributed by atoms with Gasteiger partial charge < -0.3 is 10.1 Å². The number of rotatable bonds is 5. The Labute approximate surface area is 122 Å². The molecule has 0 radical (unpaired) electrons. The molecule has 0 aliphatic carbocycles. The molecule has 0 unspecified atom stereocenters. The topological polar surface area (TPSA) is 34.2 Å². The summed E-state index contributed by atoms with van der Waals surface area (Å²) in [7, 11) is 0. The van der Waals surface area contributed by atoms with Crippen LogP contribution in [0.1, 0.15) is 19.4 Å². The number of benzene rings is 1. The number of ether oxygens (including phenoxy) is 1. The van der Waals surface area contributed by atoms with Crippen LogP contribution in [0.5, 0.6) is 11.5 Å². The lowest BCUT2D eigenvalue weighted by molar-refractivity contribution is 0.476. The Morgan fingerprint density at radius 3 is 2.75 bits per heavy atom. The van der Waals surface area contributed by atoms with Gasteiger partial charge in [-0.15, -0.1) is 0 Å². The Morgan fingerprint density at radius 1 is 1.25 bits per heavy atom. The summed E-state index contributed by atoms with van der Waals surface area (Å²) >= 11 is 5.72. The number of hydrogen-bond acceptors (Lipinski definition) is 3. The minimum absolute atomic E-state index is 0.0353. The van der Waals surface area contributed by atoms with Crippen molar-refractivity contribution in [1.29, 1.82) is 0 Å². The van der Waals surface area contributed by atoms with Crippen LogP contribution < -0.4 is 10.1 Å². The summed E-state index contributed by atoms with van der Waals surface area (Å²) in [6.07, 6.45) is 3.38. The fourth-order valence-electron chi connectivity index (χ4n) is 1.61. The lowest BCUT2D eigenvalue weighted by Crippen LogP contribution is -2.21. The molecule has 2 aromatic rings. The molecule has 1 aromatic heterocycles. The summed E-state index contributed by atoms with van der Waals surface area (Å²) in [6, 6.07) is 6.53. The van der Waals surface area contributed by atoms with Gasteiger partial charge in [-0.3, -0.25) is 4.98 Å². The highest BCUT2D eigenvalue weighted by Crippen LogP contribution is 2.26. The first kappa shape index (κ1) is 14.8. The van der Waals surface area contributed by atoms with Crippen LogP contribution >= 0.6 is 11.6 Å². The second-order valence-corrected chi connectivity index (χ2v) is 5.15. The lowest BCUT2D eigenvalue weighted by Gasteiger charge is -2.10. The SMILES string of the molecule is CC(C)NCc1cncc(Oc2ccc(F)c(Cl)c2)c1. The first-order valence-corrected chi connectivity index (χ1v) is 6.72. The molecule has 0 aliphatic heterocycles. The Bertz CT molecular complexity index is 590. The van der Waals surface area contributed by atoms with Crippen LogP contribution in [0.2, 0.25) is 5.02 Å². The van der Waals surface area contributed by atoms with Crippen molar-refractivity contribution in [2.45, 2.75) is 26.4 Å². The number of hydrogen-bond donors (Lipinski definition) is 1. The van der Waals surface area contributed by atoms with Crippen molar-refractivity contribution >= 4 is 11.6 Å². The number of pyridine rings is 1. The summed E-state index contributed by atoms with van der Waals surface area (Å²) in [5.74, 6) is 0.606. The van der Waals surface area contributed by atoms with Crippen molar-refractivity contribution < 1.29 is 9.13 Å². The molecule has 20 heavy (non-hydrogen) atoms. The molecule has 0 saturated heterocycles. The van der Waals surface area contributed by atoms with Crippen molar-refractivity contribution in [3.63, 3.8) is 0 Å². The number of nitrogens with zero attached hydrogens (tertiary/aromatic N) is 1. The van der Waals surface area contributed by atoms with E-state index in [-0.39, 0.29) is 5.02 Å². The Morgan fingerprint density at radius 2 is 2.05 bits per heavy atom. The van der Waals surface area contributed by atoms with Crippen molar-refractivity contribution in [3.05, 3.63) is 53.1 Å². The quantitative estimate of drug-likeness (QED) is 0.899. The molecule has 5 heteroatoms. The van der Waals surface area contributed by atoms with Crippen LogP contribution in [0.25, 0.3) is 0 Å². The molecule has 1 heterocycles. The van der Waals surface area contributed by atoms with Gasteiger partial charge in [0.2, 0.25) is 0 Å². The van der Waals surface area contributed by atoms with Gasteiger partial charge in [0.15, 0.2) is 0 Å². The van der Waals surface area contributed by atoms with E-state index >= 15 is 0 Å². The van der Waals surface area contributed by atoms with Gasteiger partial charge in [-0.25, -0.2) is 4.39 Å². The van der Waals surface area contributed by atoms with Gasteiger partial charge >= 0.3 is 0 Å². The molecule has 106 valence electrons. The Hall–Kier alpha value is -1.65. The zero-order valence-electron chi connectivity index (χ0n) is 11.4. The number of aromatic nitrogens is 1. The van der Waals surface area contributed by atoms with Gasteiger partial charge in [-0.2, -0.15) is 0 Å². The van der Waals surface area contributed by atoms with E-state index in [1.54, 1.807) is 12.4 Å². The van der Waals surface area contributed by atoms with Crippen molar-refractivity contribution in [2.24, 2.45) is 0 Å². The predicted molar refractivity (Wildman–Crippen MR) is 77.7 cm³/mol. The number of nitrogens with one attached hydrogen (secondary N) is 1. The molecule has 0 bridgehead atoms. The maximum Gasteiger partial charge on any atom is 0.146 e. The standard InChI is InChI=1S/C15H16ClFN2O/c1-10(2)19-8-11-5-13(9-18-7-11)20-12-3-4-15(17)14(16)6-12/h3-7,9-10,19H,8H2,1-2H3. The van der Waals surface area contributed by atoms with Gasteiger partial charge in [0.05, 0.1) is 11.2 Å². The highest BCUT2D eigenvalue weighted by Gasteiger charge is 2.04. The van der Waals surface area contributed by atoms with E-state index in [0.29, 0.717) is 24.1 Å². The Balaban J connectivity index is 2.08. The summed E-state index contributed by atoms with van der Waals surface area (Å²) in [4.78, 5) is 4.13. The smallest absolute Gasteiger partial charge is 0.146 e. The first-order valence-electron chi connectivity index (χ1n) is 6.35. The van der Waals surface area contributed by atoms with Gasteiger partial charge in [0, 0.05) is 24.8 Å². The van der Waals surface area contributed by atoms with E-state index in [4.69, 9.17) is 16.3 Å². The van der Waals surface area contributed by atoms with Crippen LogP contribution in [-0.4, -0.2) is 11.0 Å². The van der Waals surface area contributed by atoms with E-state index in [1.165, 1.54) is 18.2 Å². The van der Waals surface area contributed by atoms with Crippen LogP contribution in [-0.2, 0) is 6.54 Å². The lowest BCUT2D eigenvalue weighted by atomic mass is 10.2. The largest absolute Gasteiger partial charge is 0.456 e. The minimum atomic E-state index is -0.466. The second-order valence-electron chi connectivity index (χ2n) is 4.74. The summed E-state index contributed by atoms with van der Waals surface area (Å²) in [6.45, 7) is 4.87. The van der Waals surface area contributed by atoms with Crippen molar-refractivity contribution in [1.82, 2.24) is 10.3 Å². The average Bonchev–Trinajstić information content (AvgIpc) is 2.41. The maximum absolute atomic E-state index is 13.1. The molecule has 0 aliphatic rings. The van der Waals surface area contributed by atoms with E-state index in [1.807, 2.05) is 6.07 Å². The van der Waals surface area contributed by atoms with Gasteiger partial charge in [0.25, 0.3) is 0 Å². The molecule has 2 rings (SSSR count). The molecule has 0 atom stereocenters. The maximum atomic E-state index is 13.1. The molecule has 0 spiro atoms. The van der Waals surface area contributed by atoms with Gasteiger partial charge in [-0.05, 0) is 23.8 Å². The monoisotopic (exact) mass is 294 g/mol. The molecule has 0 saturated carbocycles.